The number of hydrogen-bond acceptors (Lipinski definition) is 2. The predicted octanol–water partition coefficient (Wildman–Crippen LogP) is 2.74. The Morgan fingerprint density at radius 2 is 2.09 bits per heavy atom. The molecular formula is C19H29N3O. The zero-order valence-corrected chi connectivity index (χ0v) is 14.3. The second-order valence-corrected chi connectivity index (χ2v) is 6.70. The summed E-state index contributed by atoms with van der Waals surface area (Å²) in [5.41, 5.74) is 1.72. The van der Waals surface area contributed by atoms with Crippen molar-refractivity contribution in [2.45, 2.75) is 51.2 Å². The van der Waals surface area contributed by atoms with Crippen molar-refractivity contribution in [2.24, 2.45) is 10.4 Å². The first-order chi connectivity index (χ1) is 11.3. The molecule has 2 aliphatic rings. The van der Waals surface area contributed by atoms with Crippen molar-refractivity contribution in [1.82, 2.24) is 10.6 Å². The lowest BCUT2D eigenvalue weighted by molar-refractivity contribution is -0.168. The molecule has 2 saturated carbocycles. The molecule has 0 amide bonds. The SMILES string of the molecule is CCOC1CC(NC(=NC)NCCc2ccccc2)C12CCC2. The lowest BCUT2D eigenvalue weighted by Crippen LogP contribution is -2.68. The van der Waals surface area contributed by atoms with Crippen molar-refractivity contribution in [3.63, 3.8) is 0 Å². The van der Waals surface area contributed by atoms with Gasteiger partial charge in [0.25, 0.3) is 0 Å². The second-order valence-electron chi connectivity index (χ2n) is 6.70. The Morgan fingerprint density at radius 3 is 2.70 bits per heavy atom. The van der Waals surface area contributed by atoms with E-state index in [4.69, 9.17) is 4.74 Å². The Bertz CT molecular complexity index is 525. The first kappa shape index (κ1) is 16.3. The maximum absolute atomic E-state index is 5.92. The van der Waals surface area contributed by atoms with Crippen LogP contribution in [0, 0.1) is 5.41 Å². The molecule has 0 radical (unpaired) electrons. The average molecular weight is 315 g/mol. The zero-order valence-electron chi connectivity index (χ0n) is 14.3. The summed E-state index contributed by atoms with van der Waals surface area (Å²) in [6.07, 6.45) is 6.47. The number of aliphatic imine (C=N–C) groups is 1. The molecule has 2 atom stereocenters. The van der Waals surface area contributed by atoms with Crippen LogP contribution in [0.25, 0.3) is 0 Å². The van der Waals surface area contributed by atoms with Crippen molar-refractivity contribution in [2.75, 3.05) is 20.2 Å². The van der Waals surface area contributed by atoms with E-state index in [2.05, 4.69) is 52.9 Å². The van der Waals surface area contributed by atoms with Gasteiger partial charge in [0.05, 0.1) is 6.10 Å². The Labute approximate surface area is 139 Å². The molecule has 1 aromatic carbocycles. The summed E-state index contributed by atoms with van der Waals surface area (Å²) in [5.74, 6) is 0.923. The number of guanidine groups is 1. The quantitative estimate of drug-likeness (QED) is 0.627. The van der Waals surface area contributed by atoms with Gasteiger partial charge in [0.1, 0.15) is 0 Å². The minimum Gasteiger partial charge on any atom is -0.378 e. The first-order valence-corrected chi connectivity index (χ1v) is 8.91. The molecule has 0 heterocycles. The van der Waals surface area contributed by atoms with E-state index in [1.54, 1.807) is 0 Å². The fraction of sp³-hybridized carbons (Fsp3) is 0.632. The molecule has 0 aliphatic heterocycles. The number of rotatable bonds is 6. The summed E-state index contributed by atoms with van der Waals surface area (Å²) in [7, 11) is 1.85. The highest BCUT2D eigenvalue weighted by atomic mass is 16.5. The summed E-state index contributed by atoms with van der Waals surface area (Å²) in [5, 5.41) is 7.08. The Kier molecular flexibility index (Phi) is 5.21. The summed E-state index contributed by atoms with van der Waals surface area (Å²) in [6.45, 7) is 3.82. The van der Waals surface area contributed by atoms with E-state index in [1.165, 1.54) is 24.8 Å². The molecule has 4 nitrogen and oxygen atoms in total. The highest BCUT2D eigenvalue weighted by Crippen LogP contribution is 2.57. The van der Waals surface area contributed by atoms with Crippen LogP contribution in [0.5, 0.6) is 0 Å². The Hall–Kier alpha value is -1.55. The van der Waals surface area contributed by atoms with Crippen LogP contribution in [0.1, 0.15) is 38.2 Å². The molecule has 0 saturated heterocycles. The minimum absolute atomic E-state index is 0.368. The molecule has 4 heteroatoms. The number of hydrogen-bond donors (Lipinski definition) is 2. The van der Waals surface area contributed by atoms with E-state index < -0.39 is 0 Å². The van der Waals surface area contributed by atoms with E-state index >= 15 is 0 Å². The Balaban J connectivity index is 1.47. The van der Waals surface area contributed by atoms with Crippen LogP contribution >= 0.6 is 0 Å². The van der Waals surface area contributed by atoms with Crippen LogP contribution in [0.3, 0.4) is 0 Å². The molecular weight excluding hydrogens is 286 g/mol. The van der Waals surface area contributed by atoms with E-state index in [1.807, 2.05) is 7.05 Å². The summed E-state index contributed by atoms with van der Waals surface area (Å²) < 4.78 is 5.92. The van der Waals surface area contributed by atoms with E-state index in [0.29, 0.717) is 17.6 Å². The molecule has 2 N–H and O–H groups in total. The largest absolute Gasteiger partial charge is 0.378 e. The summed E-state index contributed by atoms with van der Waals surface area (Å²) in [4.78, 5) is 4.39. The predicted molar refractivity (Wildman–Crippen MR) is 94.7 cm³/mol. The molecule has 1 spiro atoms. The molecule has 126 valence electrons. The van der Waals surface area contributed by atoms with Crippen molar-refractivity contribution in [3.05, 3.63) is 35.9 Å². The summed E-state index contributed by atoms with van der Waals surface area (Å²) >= 11 is 0. The topological polar surface area (TPSA) is 45.6 Å². The number of nitrogens with zero attached hydrogens (tertiary/aromatic N) is 1. The monoisotopic (exact) mass is 315 g/mol. The maximum atomic E-state index is 5.92. The molecule has 2 aliphatic carbocycles. The van der Waals surface area contributed by atoms with Crippen LogP contribution < -0.4 is 10.6 Å². The molecule has 2 fully saturated rings. The van der Waals surface area contributed by atoms with Crippen LogP contribution in [-0.2, 0) is 11.2 Å². The molecule has 3 rings (SSSR count). The minimum atomic E-state index is 0.368. The van der Waals surface area contributed by atoms with Gasteiger partial charge in [-0.25, -0.2) is 0 Å². The van der Waals surface area contributed by atoms with Crippen molar-refractivity contribution in [3.8, 4) is 0 Å². The van der Waals surface area contributed by atoms with E-state index in [-0.39, 0.29) is 0 Å². The van der Waals surface area contributed by atoms with Gasteiger partial charge in [-0.05, 0) is 38.2 Å². The summed E-state index contributed by atoms with van der Waals surface area (Å²) in [6, 6.07) is 11.1. The van der Waals surface area contributed by atoms with Crippen molar-refractivity contribution >= 4 is 5.96 Å². The van der Waals surface area contributed by atoms with Gasteiger partial charge in [-0.1, -0.05) is 36.8 Å². The van der Waals surface area contributed by atoms with Gasteiger partial charge in [0.15, 0.2) is 5.96 Å². The van der Waals surface area contributed by atoms with Gasteiger partial charge in [0, 0.05) is 31.7 Å². The molecule has 0 aromatic heterocycles. The highest BCUT2D eigenvalue weighted by Gasteiger charge is 2.59. The fourth-order valence-corrected chi connectivity index (χ4v) is 3.97. The van der Waals surface area contributed by atoms with Crippen molar-refractivity contribution in [1.29, 1.82) is 0 Å². The standard InChI is InChI=1S/C19H29N3O/c1-3-23-17-14-16(19(17)11-7-12-19)22-18(20-2)21-13-10-15-8-5-4-6-9-15/h4-6,8-9,16-17H,3,7,10-14H2,1-2H3,(H2,20,21,22). The normalized spacial score (nSPS) is 25.6. The number of ether oxygens (including phenoxy) is 1. The van der Waals surface area contributed by atoms with Crippen LogP contribution in [0.4, 0.5) is 0 Å². The van der Waals surface area contributed by atoms with Crippen LogP contribution in [0.2, 0.25) is 0 Å². The third-order valence-electron chi connectivity index (χ3n) is 5.52. The molecule has 0 bridgehead atoms. The third-order valence-corrected chi connectivity index (χ3v) is 5.52. The van der Waals surface area contributed by atoms with Gasteiger partial charge >= 0.3 is 0 Å². The molecule has 23 heavy (non-hydrogen) atoms. The van der Waals surface area contributed by atoms with Gasteiger partial charge in [-0.3, -0.25) is 4.99 Å². The second kappa shape index (κ2) is 7.35. The fourth-order valence-electron chi connectivity index (χ4n) is 3.97. The third kappa shape index (κ3) is 3.37. The molecule has 1 aromatic rings. The number of nitrogens with one attached hydrogen (secondary N) is 2. The smallest absolute Gasteiger partial charge is 0.191 e. The molecule has 2 unspecified atom stereocenters. The van der Waals surface area contributed by atoms with Gasteiger partial charge < -0.3 is 15.4 Å². The van der Waals surface area contributed by atoms with Gasteiger partial charge in [-0.2, -0.15) is 0 Å². The van der Waals surface area contributed by atoms with Crippen molar-refractivity contribution < 1.29 is 4.74 Å². The zero-order chi connectivity index (χ0) is 16.1. The van der Waals surface area contributed by atoms with E-state index in [9.17, 15) is 0 Å². The first-order valence-electron chi connectivity index (χ1n) is 8.91. The van der Waals surface area contributed by atoms with Crippen LogP contribution in [0.15, 0.2) is 35.3 Å². The lowest BCUT2D eigenvalue weighted by atomic mass is 9.51. The van der Waals surface area contributed by atoms with Gasteiger partial charge in [0.2, 0.25) is 0 Å². The lowest BCUT2D eigenvalue weighted by Gasteiger charge is -2.61. The van der Waals surface area contributed by atoms with Crippen LogP contribution in [-0.4, -0.2) is 38.3 Å². The van der Waals surface area contributed by atoms with E-state index in [0.717, 1.165) is 32.0 Å². The Morgan fingerprint density at radius 1 is 1.30 bits per heavy atom. The maximum Gasteiger partial charge on any atom is 0.191 e. The average Bonchev–Trinajstić information content (AvgIpc) is 2.51. The van der Waals surface area contributed by atoms with Gasteiger partial charge in [-0.15, -0.1) is 0 Å². The highest BCUT2D eigenvalue weighted by molar-refractivity contribution is 5.80. The number of benzene rings is 1.